The number of carboxylic acids is 1. The molecule has 1 rings (SSSR count). The number of carboxylic acid groups (broad SMARTS) is 1. The van der Waals surface area contributed by atoms with Crippen molar-refractivity contribution in [3.05, 3.63) is 23.8 Å². The number of rotatable bonds is 8. The molecule has 0 spiro atoms. The van der Waals surface area contributed by atoms with E-state index in [9.17, 15) is 13.6 Å². The molecule has 0 aliphatic carbocycles. The topological polar surface area (TPSA) is 81.8 Å². The van der Waals surface area contributed by atoms with Crippen LogP contribution in [0.2, 0.25) is 0 Å². The lowest BCUT2D eigenvalue weighted by atomic mass is 10.2. The highest BCUT2D eigenvalue weighted by atomic mass is 32.2. The van der Waals surface area contributed by atoms with Crippen molar-refractivity contribution in [3.8, 4) is 11.5 Å². The minimum Gasteiger partial charge on any atom is -0.493 e. The van der Waals surface area contributed by atoms with Gasteiger partial charge < -0.3 is 20.3 Å². The average molecular weight is 307 g/mol. The zero-order valence-corrected chi connectivity index (χ0v) is 11.5. The van der Waals surface area contributed by atoms with Gasteiger partial charge >= 0.3 is 12.6 Å². The number of halogens is 2. The van der Waals surface area contributed by atoms with E-state index in [0.29, 0.717) is 5.75 Å². The van der Waals surface area contributed by atoms with Gasteiger partial charge in [-0.3, -0.25) is 4.79 Å². The van der Waals surface area contributed by atoms with Crippen LogP contribution in [-0.2, 0) is 10.5 Å². The zero-order valence-electron chi connectivity index (χ0n) is 10.7. The molecule has 0 saturated heterocycles. The molecule has 1 atom stereocenters. The fourth-order valence-electron chi connectivity index (χ4n) is 1.37. The van der Waals surface area contributed by atoms with Crippen molar-refractivity contribution >= 4 is 17.7 Å². The van der Waals surface area contributed by atoms with E-state index < -0.39 is 18.6 Å². The minimum atomic E-state index is -2.92. The third kappa shape index (κ3) is 5.22. The van der Waals surface area contributed by atoms with Crippen LogP contribution in [0.15, 0.2) is 18.2 Å². The molecule has 8 heteroatoms. The third-order valence-corrected chi connectivity index (χ3v) is 3.46. The highest BCUT2D eigenvalue weighted by Crippen LogP contribution is 2.30. The van der Waals surface area contributed by atoms with Crippen LogP contribution in [-0.4, -0.2) is 36.6 Å². The summed E-state index contributed by atoms with van der Waals surface area (Å²) in [4.78, 5) is 10.5. The van der Waals surface area contributed by atoms with Crippen LogP contribution in [0.3, 0.4) is 0 Å². The fourth-order valence-corrected chi connectivity index (χ4v) is 2.30. The number of aliphatic carboxylic acids is 1. The zero-order chi connectivity index (χ0) is 15.1. The van der Waals surface area contributed by atoms with Gasteiger partial charge in [-0.05, 0) is 17.7 Å². The van der Waals surface area contributed by atoms with Gasteiger partial charge in [0.25, 0.3) is 0 Å². The molecular weight excluding hydrogens is 292 g/mol. The van der Waals surface area contributed by atoms with E-state index in [1.165, 1.54) is 24.9 Å². The van der Waals surface area contributed by atoms with Crippen molar-refractivity contribution in [1.82, 2.24) is 0 Å². The summed E-state index contributed by atoms with van der Waals surface area (Å²) in [5.41, 5.74) is 6.16. The van der Waals surface area contributed by atoms with Crippen LogP contribution < -0.4 is 15.2 Å². The molecule has 0 radical (unpaired) electrons. The molecule has 5 nitrogen and oxygen atoms in total. The molecule has 0 bridgehead atoms. The van der Waals surface area contributed by atoms with Gasteiger partial charge in [-0.1, -0.05) is 6.07 Å². The number of thioether (sulfide) groups is 1. The number of benzene rings is 1. The summed E-state index contributed by atoms with van der Waals surface area (Å²) in [7, 11) is 1.35. The van der Waals surface area contributed by atoms with Gasteiger partial charge in [-0.25, -0.2) is 0 Å². The summed E-state index contributed by atoms with van der Waals surface area (Å²) in [5, 5.41) is 8.64. The Balaban J connectivity index is 2.61. The highest BCUT2D eigenvalue weighted by molar-refractivity contribution is 7.98. The summed E-state index contributed by atoms with van der Waals surface area (Å²) in [6.07, 6.45) is 0. The van der Waals surface area contributed by atoms with E-state index in [-0.39, 0.29) is 17.3 Å². The maximum Gasteiger partial charge on any atom is 0.387 e. The first-order valence-corrected chi connectivity index (χ1v) is 6.77. The molecule has 0 aliphatic heterocycles. The molecule has 112 valence electrons. The maximum absolute atomic E-state index is 12.2. The largest absolute Gasteiger partial charge is 0.493 e. The molecule has 0 aromatic heterocycles. The number of hydrogen-bond donors (Lipinski definition) is 2. The molecular formula is C12H15F2NO4S. The van der Waals surface area contributed by atoms with Crippen molar-refractivity contribution in [1.29, 1.82) is 0 Å². The Hall–Kier alpha value is -1.54. The molecule has 0 amide bonds. The second kappa shape index (κ2) is 7.91. The SMILES string of the molecule is COc1cc(CSC[C@H](N)C(=O)O)ccc1OC(F)F. The van der Waals surface area contributed by atoms with Crippen LogP contribution in [0.25, 0.3) is 0 Å². The number of methoxy groups -OCH3 is 1. The molecule has 0 heterocycles. The minimum absolute atomic E-state index is 0.0431. The number of ether oxygens (including phenoxy) is 2. The van der Waals surface area contributed by atoms with E-state index in [0.717, 1.165) is 5.56 Å². The smallest absolute Gasteiger partial charge is 0.387 e. The molecule has 0 unspecified atom stereocenters. The molecule has 1 aromatic rings. The normalized spacial score (nSPS) is 12.2. The summed E-state index contributed by atoms with van der Waals surface area (Å²) in [6, 6.07) is 3.64. The summed E-state index contributed by atoms with van der Waals surface area (Å²) in [5.74, 6) is -0.153. The lowest BCUT2D eigenvalue weighted by molar-refractivity contribution is -0.137. The monoisotopic (exact) mass is 307 g/mol. The standard InChI is InChI=1S/C12H15F2NO4S/c1-18-10-4-7(2-3-9(10)19-12(13)14)5-20-6-8(15)11(16)17/h2-4,8,12H,5-6,15H2,1H3,(H,16,17)/t8-/m0/s1. The predicted molar refractivity (Wildman–Crippen MR) is 71.4 cm³/mol. The molecule has 1 aromatic carbocycles. The number of nitrogens with two attached hydrogens (primary N) is 1. The second-order valence-electron chi connectivity index (χ2n) is 3.82. The Labute approximate surface area is 119 Å². The quantitative estimate of drug-likeness (QED) is 0.764. The summed E-state index contributed by atoms with van der Waals surface area (Å²) in [6.45, 7) is -2.92. The summed E-state index contributed by atoms with van der Waals surface area (Å²) < 4.78 is 33.6. The number of alkyl halides is 2. The van der Waals surface area contributed by atoms with E-state index in [1.54, 1.807) is 12.1 Å². The van der Waals surface area contributed by atoms with Crippen LogP contribution in [0.1, 0.15) is 5.56 Å². The van der Waals surface area contributed by atoms with Crippen molar-refractivity contribution in [2.24, 2.45) is 5.73 Å². The van der Waals surface area contributed by atoms with Crippen molar-refractivity contribution < 1.29 is 28.2 Å². The summed E-state index contributed by atoms with van der Waals surface area (Å²) >= 11 is 1.33. The fraction of sp³-hybridized carbons (Fsp3) is 0.417. The second-order valence-corrected chi connectivity index (χ2v) is 4.85. The lowest BCUT2D eigenvalue weighted by Gasteiger charge is -2.11. The number of carbonyl (C=O) groups is 1. The van der Waals surface area contributed by atoms with E-state index in [2.05, 4.69) is 4.74 Å². The first-order valence-electron chi connectivity index (χ1n) is 5.62. The van der Waals surface area contributed by atoms with Gasteiger partial charge in [0.1, 0.15) is 6.04 Å². The predicted octanol–water partition coefficient (Wildman–Crippen LogP) is 1.94. The molecule has 0 aliphatic rings. The van der Waals surface area contributed by atoms with Crippen LogP contribution in [0, 0.1) is 0 Å². The molecule has 20 heavy (non-hydrogen) atoms. The van der Waals surface area contributed by atoms with Gasteiger partial charge in [-0.15, -0.1) is 0 Å². The third-order valence-electron chi connectivity index (χ3n) is 2.33. The Morgan fingerprint density at radius 1 is 1.45 bits per heavy atom. The van der Waals surface area contributed by atoms with E-state index in [1.807, 2.05) is 0 Å². The van der Waals surface area contributed by atoms with Gasteiger partial charge in [0, 0.05) is 11.5 Å². The molecule has 0 saturated carbocycles. The van der Waals surface area contributed by atoms with Gasteiger partial charge in [0.15, 0.2) is 11.5 Å². The van der Waals surface area contributed by atoms with E-state index in [4.69, 9.17) is 15.6 Å². The first-order chi connectivity index (χ1) is 9.43. The van der Waals surface area contributed by atoms with Crippen LogP contribution in [0.4, 0.5) is 8.78 Å². The number of hydrogen-bond acceptors (Lipinski definition) is 5. The van der Waals surface area contributed by atoms with E-state index >= 15 is 0 Å². The highest BCUT2D eigenvalue weighted by Gasteiger charge is 2.13. The first kappa shape index (κ1) is 16.5. The Morgan fingerprint density at radius 3 is 2.70 bits per heavy atom. The Bertz CT molecular complexity index is 459. The van der Waals surface area contributed by atoms with Crippen molar-refractivity contribution in [2.75, 3.05) is 12.9 Å². The Kier molecular flexibility index (Phi) is 6.53. The van der Waals surface area contributed by atoms with Gasteiger partial charge in [-0.2, -0.15) is 20.5 Å². The van der Waals surface area contributed by atoms with Gasteiger partial charge in [0.05, 0.1) is 7.11 Å². The van der Waals surface area contributed by atoms with Crippen LogP contribution >= 0.6 is 11.8 Å². The molecule has 3 N–H and O–H groups in total. The van der Waals surface area contributed by atoms with Crippen molar-refractivity contribution in [2.45, 2.75) is 18.4 Å². The Morgan fingerprint density at radius 2 is 2.15 bits per heavy atom. The lowest BCUT2D eigenvalue weighted by Crippen LogP contribution is -2.32. The molecule has 0 fully saturated rings. The average Bonchev–Trinajstić information content (AvgIpc) is 2.39. The van der Waals surface area contributed by atoms with Crippen LogP contribution in [0.5, 0.6) is 11.5 Å². The van der Waals surface area contributed by atoms with Crippen molar-refractivity contribution in [3.63, 3.8) is 0 Å². The maximum atomic E-state index is 12.2. The van der Waals surface area contributed by atoms with Gasteiger partial charge in [0.2, 0.25) is 0 Å².